The zero-order valence-electron chi connectivity index (χ0n) is 22.4. The Bertz CT molecular complexity index is 1640. The summed E-state index contributed by atoms with van der Waals surface area (Å²) in [4.78, 5) is 23.1. The van der Waals surface area contributed by atoms with E-state index in [1.807, 2.05) is 53.9 Å². The van der Waals surface area contributed by atoms with Crippen LogP contribution in [0.25, 0.3) is 22.7 Å². The van der Waals surface area contributed by atoms with Gasteiger partial charge in [-0.15, -0.1) is 11.3 Å². The van der Waals surface area contributed by atoms with E-state index in [9.17, 15) is 4.79 Å². The van der Waals surface area contributed by atoms with Crippen molar-refractivity contribution in [3.8, 4) is 17.3 Å². The normalized spacial score (nSPS) is 13.9. The molecule has 1 aliphatic rings. The van der Waals surface area contributed by atoms with E-state index in [0.717, 1.165) is 41.2 Å². The summed E-state index contributed by atoms with van der Waals surface area (Å²) in [6, 6.07) is 18.8. The van der Waals surface area contributed by atoms with Gasteiger partial charge in [-0.3, -0.25) is 4.79 Å². The number of aromatic nitrogens is 2. The van der Waals surface area contributed by atoms with Crippen LogP contribution in [0.2, 0.25) is 10.0 Å². The molecule has 210 valence electrons. The molecule has 1 saturated carbocycles. The van der Waals surface area contributed by atoms with Crippen molar-refractivity contribution < 1.29 is 13.9 Å². The molecule has 0 spiro atoms. The number of fused-ring (bicyclic) bond motifs is 1. The first-order chi connectivity index (χ1) is 20.0. The molecule has 2 aromatic heterocycles. The number of carbonyl (C=O) groups is 1. The number of halogens is 2. The first kappa shape index (κ1) is 27.8. The molecule has 0 radical (unpaired) electrons. The maximum atomic E-state index is 11.1. The van der Waals surface area contributed by atoms with Crippen LogP contribution >= 0.6 is 34.5 Å². The van der Waals surface area contributed by atoms with E-state index in [1.54, 1.807) is 23.5 Å². The number of hydrogen-bond acceptors (Lipinski definition) is 7. The van der Waals surface area contributed by atoms with Crippen molar-refractivity contribution >= 4 is 57.1 Å². The molecule has 41 heavy (non-hydrogen) atoms. The average molecular weight is 607 g/mol. The zero-order valence-corrected chi connectivity index (χ0v) is 24.7. The summed E-state index contributed by atoms with van der Waals surface area (Å²) in [6.45, 7) is 2.04. The summed E-state index contributed by atoms with van der Waals surface area (Å²) in [5, 5.41) is 3.96. The van der Waals surface area contributed by atoms with Crippen LogP contribution in [-0.2, 0) is 13.2 Å². The van der Waals surface area contributed by atoms with E-state index in [2.05, 4.69) is 4.90 Å². The number of benzene rings is 3. The van der Waals surface area contributed by atoms with Crippen LogP contribution in [0, 0.1) is 5.92 Å². The van der Waals surface area contributed by atoms with Crippen molar-refractivity contribution in [2.45, 2.75) is 45.3 Å². The molecule has 0 N–H and O–H groups in total. The van der Waals surface area contributed by atoms with Gasteiger partial charge in [0.25, 0.3) is 0 Å². The highest BCUT2D eigenvalue weighted by Crippen LogP contribution is 2.33. The van der Waals surface area contributed by atoms with Crippen molar-refractivity contribution in [2.24, 2.45) is 5.92 Å². The maximum absolute atomic E-state index is 11.1. The van der Waals surface area contributed by atoms with Crippen molar-refractivity contribution in [3.05, 3.63) is 92.8 Å². The highest BCUT2D eigenvalue weighted by molar-refractivity contribution is 7.14. The largest absolute Gasteiger partial charge is 0.489 e. The lowest BCUT2D eigenvalue weighted by molar-refractivity contribution is 0.112. The van der Waals surface area contributed by atoms with Crippen LogP contribution in [0.1, 0.15) is 53.6 Å². The van der Waals surface area contributed by atoms with Crippen LogP contribution in [-0.4, -0.2) is 22.8 Å². The highest BCUT2D eigenvalue weighted by atomic mass is 35.5. The van der Waals surface area contributed by atoms with E-state index in [-0.39, 0.29) is 0 Å². The number of oxazole rings is 1. The second kappa shape index (κ2) is 12.6. The van der Waals surface area contributed by atoms with Crippen LogP contribution < -0.4 is 9.64 Å². The third-order valence-corrected chi connectivity index (χ3v) is 9.06. The smallest absolute Gasteiger partial charge is 0.247 e. The molecule has 9 heteroatoms. The summed E-state index contributed by atoms with van der Waals surface area (Å²) in [5.74, 6) is 1.80. The fourth-order valence-electron chi connectivity index (χ4n) is 5.22. The van der Waals surface area contributed by atoms with Gasteiger partial charge in [0.1, 0.15) is 29.9 Å². The van der Waals surface area contributed by atoms with Gasteiger partial charge in [-0.2, -0.15) is 0 Å². The first-order valence-electron chi connectivity index (χ1n) is 13.8. The minimum absolute atomic E-state index is 0.355. The average Bonchev–Trinajstić information content (AvgIpc) is 3.66. The highest BCUT2D eigenvalue weighted by Gasteiger charge is 2.21. The van der Waals surface area contributed by atoms with Gasteiger partial charge in [0.05, 0.1) is 10.0 Å². The number of aldehydes is 1. The molecule has 0 amide bonds. The SMILES string of the molecule is O=Cc1ccc(CN(CC2CCCCC2)c2nc(-c3nc4ccc(OCc5ccc(Cl)c(Cl)c5)cc4o3)cs2)cc1. The Kier molecular flexibility index (Phi) is 8.56. The van der Waals surface area contributed by atoms with Crippen molar-refractivity contribution in [1.29, 1.82) is 0 Å². The molecule has 0 bridgehead atoms. The number of thiazole rings is 1. The zero-order chi connectivity index (χ0) is 28.2. The number of rotatable bonds is 10. The van der Waals surface area contributed by atoms with E-state index >= 15 is 0 Å². The molecule has 0 saturated heterocycles. The Labute approximate surface area is 252 Å². The van der Waals surface area contributed by atoms with Gasteiger partial charge in [-0.25, -0.2) is 9.97 Å². The number of carbonyl (C=O) groups excluding carboxylic acids is 1. The minimum Gasteiger partial charge on any atom is -0.489 e. The summed E-state index contributed by atoms with van der Waals surface area (Å²) in [5.41, 5.74) is 4.84. The lowest BCUT2D eigenvalue weighted by Crippen LogP contribution is -2.30. The summed E-state index contributed by atoms with van der Waals surface area (Å²) in [6.07, 6.45) is 7.28. The molecule has 1 fully saturated rings. The van der Waals surface area contributed by atoms with E-state index in [4.69, 9.17) is 42.3 Å². The Hall–Kier alpha value is -3.39. The molecule has 5 aromatic rings. The van der Waals surface area contributed by atoms with Gasteiger partial charge < -0.3 is 14.1 Å². The third-order valence-electron chi connectivity index (χ3n) is 7.42. The van der Waals surface area contributed by atoms with E-state index < -0.39 is 0 Å². The third kappa shape index (κ3) is 6.75. The van der Waals surface area contributed by atoms with Crippen LogP contribution in [0.5, 0.6) is 5.75 Å². The second-order valence-corrected chi connectivity index (χ2v) is 12.1. The first-order valence-corrected chi connectivity index (χ1v) is 15.4. The quantitative estimate of drug-likeness (QED) is 0.148. The van der Waals surface area contributed by atoms with Crippen LogP contribution in [0.3, 0.4) is 0 Å². The maximum Gasteiger partial charge on any atom is 0.247 e. The summed E-state index contributed by atoms with van der Waals surface area (Å²) < 4.78 is 12.1. The van der Waals surface area contributed by atoms with Gasteiger partial charge in [0.2, 0.25) is 5.89 Å². The van der Waals surface area contributed by atoms with Crippen LogP contribution in [0.15, 0.2) is 70.5 Å². The summed E-state index contributed by atoms with van der Waals surface area (Å²) >= 11 is 13.7. The Balaban J connectivity index is 1.20. The van der Waals surface area contributed by atoms with Gasteiger partial charge in [0, 0.05) is 30.1 Å². The molecular weight excluding hydrogens is 577 g/mol. The van der Waals surface area contributed by atoms with Crippen molar-refractivity contribution in [2.75, 3.05) is 11.4 Å². The lowest BCUT2D eigenvalue weighted by Gasteiger charge is -2.29. The summed E-state index contributed by atoms with van der Waals surface area (Å²) in [7, 11) is 0. The fraction of sp³-hybridized carbons (Fsp3) is 0.281. The van der Waals surface area contributed by atoms with E-state index in [0.29, 0.717) is 51.1 Å². The molecule has 2 heterocycles. The topological polar surface area (TPSA) is 68.5 Å². The predicted octanol–water partition coefficient (Wildman–Crippen LogP) is 9.24. The predicted molar refractivity (Wildman–Crippen MR) is 165 cm³/mol. The van der Waals surface area contributed by atoms with Gasteiger partial charge in [-0.05, 0) is 54.2 Å². The monoisotopic (exact) mass is 605 g/mol. The Morgan fingerprint density at radius 2 is 1.76 bits per heavy atom. The Morgan fingerprint density at radius 1 is 0.951 bits per heavy atom. The van der Waals surface area contributed by atoms with Crippen LogP contribution in [0.4, 0.5) is 5.13 Å². The van der Waals surface area contributed by atoms with E-state index in [1.165, 1.54) is 32.1 Å². The number of ether oxygens (including phenoxy) is 1. The molecule has 3 aromatic carbocycles. The molecule has 1 aliphatic carbocycles. The molecule has 6 rings (SSSR count). The van der Waals surface area contributed by atoms with Crippen molar-refractivity contribution in [3.63, 3.8) is 0 Å². The molecular formula is C32H29Cl2N3O3S. The fourth-order valence-corrected chi connectivity index (χ4v) is 6.35. The lowest BCUT2D eigenvalue weighted by atomic mass is 9.89. The molecule has 6 nitrogen and oxygen atoms in total. The van der Waals surface area contributed by atoms with Gasteiger partial charge in [0.15, 0.2) is 10.7 Å². The standard InChI is InChI=1S/C32H29Cl2N3O3S/c33-26-12-10-24(14-27(26)34)19-39-25-11-13-28-30(15-25)40-31(35-28)29-20-41-32(36-29)37(16-21-4-2-1-3-5-21)17-22-6-8-23(18-38)9-7-22/h6-15,18,20-21H,1-5,16-17,19H2. The molecule has 0 atom stereocenters. The second-order valence-electron chi connectivity index (χ2n) is 10.4. The number of anilines is 1. The van der Waals surface area contributed by atoms with Crippen molar-refractivity contribution in [1.82, 2.24) is 9.97 Å². The van der Waals surface area contributed by atoms with Gasteiger partial charge in [-0.1, -0.05) is 72.8 Å². The minimum atomic E-state index is 0.355. The molecule has 0 unspecified atom stereocenters. The van der Waals surface area contributed by atoms with Gasteiger partial charge >= 0.3 is 0 Å². The molecule has 0 aliphatic heterocycles. The number of hydrogen-bond donors (Lipinski definition) is 0. The Morgan fingerprint density at radius 3 is 2.54 bits per heavy atom. The number of nitrogens with zero attached hydrogens (tertiary/aromatic N) is 3.